The summed E-state index contributed by atoms with van der Waals surface area (Å²) in [6, 6.07) is 14.4. The number of nitrogens with zero attached hydrogens (tertiary/aromatic N) is 2. The predicted octanol–water partition coefficient (Wildman–Crippen LogP) is 3.80. The molecule has 0 unspecified atom stereocenters. The van der Waals surface area contributed by atoms with E-state index in [1.807, 2.05) is 45.0 Å². The van der Waals surface area contributed by atoms with Gasteiger partial charge in [0.15, 0.2) is 0 Å². The Bertz CT molecular complexity index is 953. The molecule has 178 valence electrons. The van der Waals surface area contributed by atoms with Crippen LogP contribution in [0.15, 0.2) is 53.4 Å². The number of aliphatic hydroxyl groups is 1. The Hall–Kier alpha value is -1.48. The van der Waals surface area contributed by atoms with Gasteiger partial charge in [0.2, 0.25) is 10.0 Å². The third-order valence-electron chi connectivity index (χ3n) is 5.84. The van der Waals surface area contributed by atoms with Gasteiger partial charge in [-0.15, -0.1) is 0 Å². The van der Waals surface area contributed by atoms with E-state index in [4.69, 9.17) is 16.3 Å². The summed E-state index contributed by atoms with van der Waals surface area (Å²) < 4.78 is 33.0. The maximum Gasteiger partial charge on any atom is 0.242 e. The Morgan fingerprint density at radius 3 is 2.25 bits per heavy atom. The van der Waals surface area contributed by atoms with Crippen LogP contribution in [-0.4, -0.2) is 68.7 Å². The SMILES string of the molecule is CO[C@H](CN(C)S(=O)(=O)c1ccc(C)cc1)[C@H](C)CN(Cc1ccccc1Cl)[C@H](C)CO. The third kappa shape index (κ3) is 7.01. The Labute approximate surface area is 197 Å². The summed E-state index contributed by atoms with van der Waals surface area (Å²) in [4.78, 5) is 2.41. The molecule has 0 bridgehead atoms. The summed E-state index contributed by atoms with van der Waals surface area (Å²) >= 11 is 6.34. The molecule has 0 aliphatic carbocycles. The molecule has 0 saturated heterocycles. The average molecular weight is 483 g/mol. The lowest BCUT2D eigenvalue weighted by Gasteiger charge is -2.34. The van der Waals surface area contributed by atoms with E-state index in [1.54, 1.807) is 38.4 Å². The minimum absolute atomic E-state index is 0.00663. The normalized spacial score (nSPS) is 15.2. The van der Waals surface area contributed by atoms with Gasteiger partial charge in [-0.1, -0.05) is 54.4 Å². The second kappa shape index (κ2) is 12.1. The van der Waals surface area contributed by atoms with Crippen molar-refractivity contribution in [3.63, 3.8) is 0 Å². The average Bonchev–Trinajstić information content (AvgIpc) is 2.77. The van der Waals surface area contributed by atoms with Crippen LogP contribution in [-0.2, 0) is 21.3 Å². The number of aliphatic hydroxyl groups excluding tert-OH is 1. The van der Waals surface area contributed by atoms with E-state index in [0.717, 1.165) is 11.1 Å². The van der Waals surface area contributed by atoms with Crippen LogP contribution in [0.5, 0.6) is 0 Å². The van der Waals surface area contributed by atoms with Crippen LogP contribution in [0.2, 0.25) is 5.02 Å². The molecule has 32 heavy (non-hydrogen) atoms. The number of likely N-dealkylation sites (N-methyl/N-ethyl adjacent to an activating group) is 1. The first-order valence-electron chi connectivity index (χ1n) is 10.7. The van der Waals surface area contributed by atoms with Crippen LogP contribution in [0.25, 0.3) is 0 Å². The topological polar surface area (TPSA) is 70.1 Å². The molecule has 2 aromatic rings. The molecule has 0 amide bonds. The number of methoxy groups -OCH3 is 1. The van der Waals surface area contributed by atoms with E-state index < -0.39 is 10.0 Å². The largest absolute Gasteiger partial charge is 0.395 e. The smallest absolute Gasteiger partial charge is 0.242 e. The number of hydrogen-bond donors (Lipinski definition) is 1. The molecule has 0 fully saturated rings. The highest BCUT2D eigenvalue weighted by molar-refractivity contribution is 7.89. The van der Waals surface area contributed by atoms with Gasteiger partial charge in [0.25, 0.3) is 0 Å². The number of sulfonamides is 1. The van der Waals surface area contributed by atoms with Gasteiger partial charge in [0, 0.05) is 44.9 Å². The van der Waals surface area contributed by atoms with Crippen molar-refractivity contribution >= 4 is 21.6 Å². The Kier molecular flexibility index (Phi) is 10.1. The highest BCUT2D eigenvalue weighted by Gasteiger charge is 2.28. The maximum atomic E-state index is 13.0. The van der Waals surface area contributed by atoms with Crippen molar-refractivity contribution in [3.8, 4) is 0 Å². The number of benzene rings is 2. The molecule has 0 aromatic heterocycles. The highest BCUT2D eigenvalue weighted by Crippen LogP contribution is 2.22. The van der Waals surface area contributed by atoms with Crippen LogP contribution < -0.4 is 0 Å². The van der Waals surface area contributed by atoms with E-state index in [-0.39, 0.29) is 36.1 Å². The summed E-state index contributed by atoms with van der Waals surface area (Å²) in [5.41, 5.74) is 1.99. The van der Waals surface area contributed by atoms with Crippen molar-refractivity contribution in [1.82, 2.24) is 9.21 Å². The van der Waals surface area contributed by atoms with E-state index in [1.165, 1.54) is 4.31 Å². The molecule has 0 saturated carbocycles. The predicted molar refractivity (Wildman–Crippen MR) is 129 cm³/mol. The number of aryl methyl sites for hydroxylation is 1. The van der Waals surface area contributed by atoms with Gasteiger partial charge in [0.05, 0.1) is 17.6 Å². The van der Waals surface area contributed by atoms with Crippen molar-refractivity contribution in [2.75, 3.05) is 33.9 Å². The lowest BCUT2D eigenvalue weighted by molar-refractivity contribution is 0.0194. The van der Waals surface area contributed by atoms with Gasteiger partial charge in [-0.2, -0.15) is 4.31 Å². The summed E-state index contributed by atoms with van der Waals surface area (Å²) in [5, 5.41) is 10.4. The summed E-state index contributed by atoms with van der Waals surface area (Å²) in [7, 11) is -0.442. The highest BCUT2D eigenvalue weighted by atomic mass is 35.5. The molecule has 0 aliphatic rings. The van der Waals surface area contributed by atoms with Crippen LogP contribution in [0.1, 0.15) is 25.0 Å². The van der Waals surface area contributed by atoms with Crippen molar-refractivity contribution in [3.05, 3.63) is 64.7 Å². The van der Waals surface area contributed by atoms with E-state index in [0.29, 0.717) is 18.1 Å². The van der Waals surface area contributed by atoms with Crippen molar-refractivity contribution in [2.45, 2.75) is 44.4 Å². The zero-order valence-electron chi connectivity index (χ0n) is 19.5. The first-order valence-corrected chi connectivity index (χ1v) is 12.6. The van der Waals surface area contributed by atoms with Crippen LogP contribution >= 0.6 is 11.6 Å². The molecular weight excluding hydrogens is 448 g/mol. The van der Waals surface area contributed by atoms with Crippen LogP contribution in [0, 0.1) is 12.8 Å². The van der Waals surface area contributed by atoms with Crippen molar-refractivity contribution < 1.29 is 18.3 Å². The standard InChI is InChI=1S/C24H35ClN2O4S/c1-18-10-12-22(13-11-18)32(29,30)26(4)16-24(31-5)19(2)14-27(20(3)17-28)15-21-8-6-7-9-23(21)25/h6-13,19-20,24,28H,14-17H2,1-5H3/t19-,20-,24-/m1/s1. The van der Waals surface area contributed by atoms with E-state index >= 15 is 0 Å². The zero-order chi connectivity index (χ0) is 23.9. The first-order chi connectivity index (χ1) is 15.1. The second-order valence-corrected chi connectivity index (χ2v) is 10.9. The fourth-order valence-electron chi connectivity index (χ4n) is 3.58. The van der Waals surface area contributed by atoms with Crippen molar-refractivity contribution in [1.29, 1.82) is 0 Å². The maximum absolute atomic E-state index is 13.0. The monoisotopic (exact) mass is 482 g/mol. The minimum Gasteiger partial charge on any atom is -0.395 e. The summed E-state index contributed by atoms with van der Waals surface area (Å²) in [5.74, 6) is 0.00663. The lowest BCUT2D eigenvalue weighted by Crippen LogP contribution is -2.44. The fourth-order valence-corrected chi connectivity index (χ4v) is 4.96. The number of halogens is 1. The second-order valence-electron chi connectivity index (χ2n) is 8.40. The first kappa shape index (κ1) is 26.8. The number of hydrogen-bond acceptors (Lipinski definition) is 5. The number of rotatable bonds is 12. The van der Waals surface area contributed by atoms with Gasteiger partial charge in [-0.05, 0) is 43.5 Å². The Morgan fingerprint density at radius 2 is 1.69 bits per heavy atom. The molecule has 2 aromatic carbocycles. The minimum atomic E-state index is -3.62. The molecule has 0 aliphatic heterocycles. The Balaban J connectivity index is 2.12. The molecule has 6 nitrogen and oxygen atoms in total. The third-order valence-corrected chi connectivity index (χ3v) is 8.05. The molecule has 8 heteroatoms. The van der Waals surface area contributed by atoms with Gasteiger partial charge in [-0.25, -0.2) is 8.42 Å². The van der Waals surface area contributed by atoms with Gasteiger partial charge >= 0.3 is 0 Å². The van der Waals surface area contributed by atoms with E-state index in [9.17, 15) is 13.5 Å². The number of ether oxygens (including phenoxy) is 1. The fraction of sp³-hybridized carbons (Fsp3) is 0.500. The molecule has 3 atom stereocenters. The van der Waals surface area contributed by atoms with E-state index in [2.05, 4.69) is 4.90 Å². The van der Waals surface area contributed by atoms with Crippen LogP contribution in [0.4, 0.5) is 0 Å². The molecule has 0 heterocycles. The lowest BCUT2D eigenvalue weighted by atomic mass is 10.0. The summed E-state index contributed by atoms with van der Waals surface area (Å²) in [6.45, 7) is 7.34. The van der Waals surface area contributed by atoms with Gasteiger partial charge < -0.3 is 9.84 Å². The molecular formula is C24H35ClN2O4S. The zero-order valence-corrected chi connectivity index (χ0v) is 21.1. The quantitative estimate of drug-likeness (QED) is 0.498. The van der Waals surface area contributed by atoms with Gasteiger partial charge in [-0.3, -0.25) is 4.90 Å². The van der Waals surface area contributed by atoms with Crippen LogP contribution in [0.3, 0.4) is 0 Å². The van der Waals surface area contributed by atoms with Gasteiger partial charge in [0.1, 0.15) is 0 Å². The van der Waals surface area contributed by atoms with Crippen molar-refractivity contribution in [2.24, 2.45) is 5.92 Å². The Morgan fingerprint density at radius 1 is 1.06 bits per heavy atom. The summed E-state index contributed by atoms with van der Waals surface area (Å²) in [6.07, 6.45) is -0.320. The molecule has 1 N–H and O–H groups in total. The molecule has 0 spiro atoms. The molecule has 2 rings (SSSR count). The molecule has 0 radical (unpaired) electrons.